The summed E-state index contributed by atoms with van der Waals surface area (Å²) in [6.07, 6.45) is 5.21. The molecule has 1 N–H and O–H groups in total. The third-order valence-corrected chi connectivity index (χ3v) is 4.37. The molecule has 1 aliphatic rings. The van der Waals surface area contributed by atoms with E-state index in [0.717, 1.165) is 57.6 Å². The standard InChI is InChI=1S/C14H27N5O/c1-4-8-15-11-13-16-17-18-19(13)12-7-9-20-14(5-2,6-3)10-12/h12,15H,4-11H2,1-3H3. The van der Waals surface area contributed by atoms with E-state index in [1.54, 1.807) is 0 Å². The van der Waals surface area contributed by atoms with Crippen molar-refractivity contribution in [1.82, 2.24) is 25.5 Å². The molecular weight excluding hydrogens is 254 g/mol. The minimum atomic E-state index is 0.00296. The molecule has 1 aromatic rings. The number of hydrogen-bond acceptors (Lipinski definition) is 5. The molecule has 0 radical (unpaired) electrons. The van der Waals surface area contributed by atoms with Crippen molar-refractivity contribution < 1.29 is 4.74 Å². The van der Waals surface area contributed by atoms with Crippen molar-refractivity contribution >= 4 is 0 Å². The molecule has 0 bridgehead atoms. The number of nitrogens with zero attached hydrogens (tertiary/aromatic N) is 4. The van der Waals surface area contributed by atoms with Crippen LogP contribution in [0, 0.1) is 0 Å². The van der Waals surface area contributed by atoms with Crippen LogP contribution in [0.1, 0.15) is 64.7 Å². The van der Waals surface area contributed by atoms with Gasteiger partial charge in [-0.1, -0.05) is 20.8 Å². The normalized spacial score (nSPS) is 22.1. The smallest absolute Gasteiger partial charge is 0.165 e. The Morgan fingerprint density at radius 1 is 1.35 bits per heavy atom. The van der Waals surface area contributed by atoms with E-state index in [0.29, 0.717) is 6.04 Å². The minimum absolute atomic E-state index is 0.00296. The summed E-state index contributed by atoms with van der Waals surface area (Å²) >= 11 is 0. The van der Waals surface area contributed by atoms with Crippen LogP contribution in [0.5, 0.6) is 0 Å². The van der Waals surface area contributed by atoms with Crippen LogP contribution in [0.15, 0.2) is 0 Å². The van der Waals surface area contributed by atoms with Crippen molar-refractivity contribution in [2.24, 2.45) is 0 Å². The van der Waals surface area contributed by atoms with E-state index in [-0.39, 0.29) is 5.60 Å². The van der Waals surface area contributed by atoms with Gasteiger partial charge in [-0.05, 0) is 49.1 Å². The highest BCUT2D eigenvalue weighted by atomic mass is 16.5. The van der Waals surface area contributed by atoms with Crippen molar-refractivity contribution in [1.29, 1.82) is 0 Å². The number of rotatable bonds is 7. The molecule has 1 saturated heterocycles. The summed E-state index contributed by atoms with van der Waals surface area (Å²) in [6, 6.07) is 0.358. The van der Waals surface area contributed by atoms with Gasteiger partial charge in [-0.15, -0.1) is 5.10 Å². The Labute approximate surface area is 121 Å². The van der Waals surface area contributed by atoms with Crippen LogP contribution >= 0.6 is 0 Å². The first kappa shape index (κ1) is 15.4. The van der Waals surface area contributed by atoms with E-state index < -0.39 is 0 Å². The molecule has 1 aliphatic heterocycles. The third kappa shape index (κ3) is 3.35. The number of aromatic nitrogens is 4. The number of tetrazole rings is 1. The molecule has 6 nitrogen and oxygen atoms in total. The zero-order valence-corrected chi connectivity index (χ0v) is 12.9. The van der Waals surface area contributed by atoms with E-state index in [1.165, 1.54) is 0 Å². The SMILES string of the molecule is CCCNCc1nnnn1C1CCOC(CC)(CC)C1. The van der Waals surface area contributed by atoms with E-state index >= 15 is 0 Å². The van der Waals surface area contributed by atoms with Crippen LogP contribution in [0.25, 0.3) is 0 Å². The molecule has 114 valence electrons. The molecule has 6 heteroatoms. The van der Waals surface area contributed by atoms with Crippen molar-refractivity contribution in [2.75, 3.05) is 13.2 Å². The first-order chi connectivity index (χ1) is 9.74. The van der Waals surface area contributed by atoms with Gasteiger partial charge in [0.15, 0.2) is 5.82 Å². The molecule has 2 rings (SSSR count). The summed E-state index contributed by atoms with van der Waals surface area (Å²) in [5.74, 6) is 0.937. The fourth-order valence-electron chi connectivity index (χ4n) is 2.94. The average Bonchev–Trinajstić information content (AvgIpc) is 2.96. The average molecular weight is 281 g/mol. The largest absolute Gasteiger partial charge is 0.375 e. The Morgan fingerprint density at radius 2 is 2.15 bits per heavy atom. The number of nitrogens with one attached hydrogen (secondary N) is 1. The van der Waals surface area contributed by atoms with Gasteiger partial charge in [0.2, 0.25) is 0 Å². The van der Waals surface area contributed by atoms with Crippen LogP contribution in [0.4, 0.5) is 0 Å². The molecule has 1 atom stereocenters. The lowest BCUT2D eigenvalue weighted by Crippen LogP contribution is -2.40. The maximum atomic E-state index is 6.03. The second kappa shape index (κ2) is 7.13. The molecule has 1 unspecified atom stereocenters. The molecule has 0 amide bonds. The van der Waals surface area contributed by atoms with Gasteiger partial charge in [-0.3, -0.25) is 0 Å². The van der Waals surface area contributed by atoms with Gasteiger partial charge in [-0.25, -0.2) is 4.68 Å². The van der Waals surface area contributed by atoms with E-state index in [9.17, 15) is 0 Å². The van der Waals surface area contributed by atoms with Crippen LogP contribution in [0.3, 0.4) is 0 Å². The highest BCUT2D eigenvalue weighted by molar-refractivity contribution is 4.91. The van der Waals surface area contributed by atoms with Crippen LogP contribution in [-0.2, 0) is 11.3 Å². The third-order valence-electron chi connectivity index (χ3n) is 4.37. The Hall–Kier alpha value is -1.01. The fraction of sp³-hybridized carbons (Fsp3) is 0.929. The first-order valence-corrected chi connectivity index (χ1v) is 7.86. The van der Waals surface area contributed by atoms with E-state index in [1.807, 2.05) is 4.68 Å². The maximum Gasteiger partial charge on any atom is 0.165 e. The second-order valence-electron chi connectivity index (χ2n) is 5.60. The number of hydrogen-bond donors (Lipinski definition) is 1. The van der Waals surface area contributed by atoms with E-state index in [4.69, 9.17) is 4.74 Å². The maximum absolute atomic E-state index is 6.03. The molecule has 0 aliphatic carbocycles. The Balaban J connectivity index is 2.05. The Morgan fingerprint density at radius 3 is 2.85 bits per heavy atom. The van der Waals surface area contributed by atoms with Crippen LogP contribution < -0.4 is 5.32 Å². The second-order valence-corrected chi connectivity index (χ2v) is 5.60. The zero-order chi connectivity index (χ0) is 14.4. The van der Waals surface area contributed by atoms with Crippen LogP contribution in [0.2, 0.25) is 0 Å². The highest BCUT2D eigenvalue weighted by Crippen LogP contribution is 2.36. The molecule has 20 heavy (non-hydrogen) atoms. The predicted octanol–water partition coefficient (Wildman–Crippen LogP) is 2.08. The molecular formula is C14H27N5O. The summed E-state index contributed by atoms with van der Waals surface area (Å²) in [6.45, 7) is 9.10. The van der Waals surface area contributed by atoms with Gasteiger partial charge in [0.25, 0.3) is 0 Å². The Kier molecular flexibility index (Phi) is 5.48. The van der Waals surface area contributed by atoms with Gasteiger partial charge in [-0.2, -0.15) is 0 Å². The van der Waals surface area contributed by atoms with Crippen molar-refractivity contribution in [2.45, 2.75) is 71.1 Å². The summed E-state index contributed by atoms with van der Waals surface area (Å²) in [5, 5.41) is 15.6. The lowest BCUT2D eigenvalue weighted by atomic mass is 9.86. The summed E-state index contributed by atoms with van der Waals surface area (Å²) < 4.78 is 8.04. The van der Waals surface area contributed by atoms with Gasteiger partial charge in [0.1, 0.15) is 0 Å². The van der Waals surface area contributed by atoms with E-state index in [2.05, 4.69) is 41.6 Å². The zero-order valence-electron chi connectivity index (χ0n) is 12.9. The lowest BCUT2D eigenvalue weighted by molar-refractivity contribution is -0.101. The van der Waals surface area contributed by atoms with Crippen molar-refractivity contribution in [3.63, 3.8) is 0 Å². The van der Waals surface area contributed by atoms with Gasteiger partial charge < -0.3 is 10.1 Å². The lowest BCUT2D eigenvalue weighted by Gasteiger charge is -2.40. The van der Waals surface area contributed by atoms with Gasteiger partial charge >= 0.3 is 0 Å². The first-order valence-electron chi connectivity index (χ1n) is 7.86. The van der Waals surface area contributed by atoms with Crippen molar-refractivity contribution in [3.05, 3.63) is 5.82 Å². The highest BCUT2D eigenvalue weighted by Gasteiger charge is 2.36. The molecule has 1 fully saturated rings. The monoisotopic (exact) mass is 281 g/mol. The molecule has 0 spiro atoms. The molecule has 1 aromatic heterocycles. The number of ether oxygens (including phenoxy) is 1. The van der Waals surface area contributed by atoms with Crippen molar-refractivity contribution in [3.8, 4) is 0 Å². The molecule has 0 saturated carbocycles. The summed E-state index contributed by atoms with van der Waals surface area (Å²) in [7, 11) is 0. The minimum Gasteiger partial charge on any atom is -0.375 e. The Bertz CT molecular complexity index is 402. The van der Waals surface area contributed by atoms with Gasteiger partial charge in [0.05, 0.1) is 18.2 Å². The predicted molar refractivity (Wildman–Crippen MR) is 77.4 cm³/mol. The summed E-state index contributed by atoms with van der Waals surface area (Å²) in [4.78, 5) is 0. The quantitative estimate of drug-likeness (QED) is 0.775. The summed E-state index contributed by atoms with van der Waals surface area (Å²) in [5.41, 5.74) is 0.00296. The van der Waals surface area contributed by atoms with Crippen LogP contribution in [-0.4, -0.2) is 39.0 Å². The molecule has 2 heterocycles. The topological polar surface area (TPSA) is 64.9 Å². The fourth-order valence-corrected chi connectivity index (χ4v) is 2.94. The van der Waals surface area contributed by atoms with Gasteiger partial charge in [0, 0.05) is 6.61 Å². The molecule has 0 aromatic carbocycles.